The minimum Gasteiger partial charge on any atom is -0.492 e. The van der Waals surface area contributed by atoms with Crippen molar-refractivity contribution in [2.24, 2.45) is 11.7 Å². The van der Waals surface area contributed by atoms with Gasteiger partial charge in [0, 0.05) is 26.1 Å². The lowest BCUT2D eigenvalue weighted by Crippen LogP contribution is -2.42. The van der Waals surface area contributed by atoms with Gasteiger partial charge in [0.1, 0.15) is 12.4 Å². The summed E-state index contributed by atoms with van der Waals surface area (Å²) in [6.45, 7) is 2.95. The number of likely N-dealkylation sites (tertiary alicyclic amines) is 1. The van der Waals surface area contributed by atoms with E-state index >= 15 is 0 Å². The van der Waals surface area contributed by atoms with Crippen LogP contribution in [0.1, 0.15) is 30.1 Å². The van der Waals surface area contributed by atoms with Crippen molar-refractivity contribution in [2.75, 3.05) is 33.4 Å². The molecule has 2 atom stereocenters. The van der Waals surface area contributed by atoms with Crippen molar-refractivity contribution in [3.63, 3.8) is 0 Å². The van der Waals surface area contributed by atoms with Crippen LogP contribution >= 0.6 is 0 Å². The van der Waals surface area contributed by atoms with E-state index < -0.39 is 5.97 Å². The number of nitrogens with zero attached hydrogens (tertiary/aromatic N) is 1. The molecule has 148 valence electrons. The first-order valence-corrected chi connectivity index (χ1v) is 9.00. The van der Waals surface area contributed by atoms with E-state index in [-0.39, 0.29) is 30.4 Å². The molecule has 8 nitrogen and oxygen atoms in total. The molecule has 2 amide bonds. The maximum atomic E-state index is 12.4. The highest BCUT2D eigenvalue weighted by molar-refractivity contribution is 5.89. The molecule has 3 N–H and O–H groups in total. The van der Waals surface area contributed by atoms with Crippen molar-refractivity contribution < 1.29 is 23.9 Å². The number of nitrogens with one attached hydrogen (secondary N) is 1. The van der Waals surface area contributed by atoms with Gasteiger partial charge in [0.2, 0.25) is 11.8 Å². The molecular weight excluding hydrogens is 350 g/mol. The summed E-state index contributed by atoms with van der Waals surface area (Å²) in [5, 5.41) is 2.84. The number of hydrogen-bond donors (Lipinski definition) is 2. The lowest BCUT2D eigenvalue weighted by Gasteiger charge is -2.23. The maximum absolute atomic E-state index is 12.4. The van der Waals surface area contributed by atoms with Gasteiger partial charge in [-0.1, -0.05) is 6.07 Å². The quantitative estimate of drug-likeness (QED) is 0.553. The fraction of sp³-hybridized carbons (Fsp3) is 0.526. The molecule has 1 aromatic rings. The molecule has 27 heavy (non-hydrogen) atoms. The van der Waals surface area contributed by atoms with Crippen LogP contribution in [0.4, 0.5) is 0 Å². The van der Waals surface area contributed by atoms with E-state index in [0.717, 1.165) is 0 Å². The molecule has 0 saturated carbocycles. The SMILES string of the molecule is COC(=O)c1cccc(OCCNC(=O)[C@@H]2CC[C@H](N)CN(C(C)=O)C2)c1. The van der Waals surface area contributed by atoms with Crippen LogP contribution in [0, 0.1) is 5.92 Å². The summed E-state index contributed by atoms with van der Waals surface area (Å²) in [5.74, 6) is -0.364. The first-order chi connectivity index (χ1) is 12.9. The monoisotopic (exact) mass is 377 g/mol. The summed E-state index contributed by atoms with van der Waals surface area (Å²) < 4.78 is 10.2. The summed E-state index contributed by atoms with van der Waals surface area (Å²) in [5.41, 5.74) is 6.38. The Morgan fingerprint density at radius 2 is 2.04 bits per heavy atom. The van der Waals surface area contributed by atoms with Crippen LogP contribution in [-0.4, -0.2) is 62.1 Å². The predicted molar refractivity (Wildman–Crippen MR) is 99.2 cm³/mol. The van der Waals surface area contributed by atoms with Crippen molar-refractivity contribution in [1.29, 1.82) is 0 Å². The zero-order chi connectivity index (χ0) is 19.8. The van der Waals surface area contributed by atoms with Crippen LogP contribution < -0.4 is 15.8 Å². The third-order valence-corrected chi connectivity index (χ3v) is 4.52. The fourth-order valence-corrected chi connectivity index (χ4v) is 3.01. The Kier molecular flexibility index (Phi) is 7.60. The number of benzene rings is 1. The van der Waals surface area contributed by atoms with Gasteiger partial charge in [0.25, 0.3) is 0 Å². The third kappa shape index (κ3) is 6.25. The molecule has 1 saturated heterocycles. The summed E-state index contributed by atoms with van der Waals surface area (Å²) in [4.78, 5) is 37.2. The molecule has 1 aromatic carbocycles. The third-order valence-electron chi connectivity index (χ3n) is 4.52. The lowest BCUT2D eigenvalue weighted by atomic mass is 10.0. The molecule has 1 fully saturated rings. The normalized spacial score (nSPS) is 19.7. The van der Waals surface area contributed by atoms with Gasteiger partial charge in [-0.15, -0.1) is 0 Å². The number of carbonyl (C=O) groups is 3. The Hall–Kier alpha value is -2.61. The Bertz CT molecular complexity index is 679. The maximum Gasteiger partial charge on any atom is 0.337 e. The number of nitrogens with two attached hydrogens (primary N) is 1. The smallest absolute Gasteiger partial charge is 0.337 e. The van der Waals surface area contributed by atoms with Crippen LogP contribution in [0.15, 0.2) is 24.3 Å². The van der Waals surface area contributed by atoms with Crippen molar-refractivity contribution >= 4 is 17.8 Å². The highest BCUT2D eigenvalue weighted by Gasteiger charge is 2.28. The largest absolute Gasteiger partial charge is 0.492 e. The van der Waals surface area contributed by atoms with Crippen LogP contribution in [0.25, 0.3) is 0 Å². The van der Waals surface area contributed by atoms with Crippen LogP contribution in [0.3, 0.4) is 0 Å². The Labute approximate surface area is 159 Å². The predicted octanol–water partition coefficient (Wildman–Crippen LogP) is 0.554. The Morgan fingerprint density at radius 1 is 1.26 bits per heavy atom. The number of hydrogen-bond acceptors (Lipinski definition) is 6. The lowest BCUT2D eigenvalue weighted by molar-refractivity contribution is -0.131. The van der Waals surface area contributed by atoms with Crippen molar-refractivity contribution in [3.05, 3.63) is 29.8 Å². The first-order valence-electron chi connectivity index (χ1n) is 9.00. The van der Waals surface area contributed by atoms with Gasteiger partial charge in [0.05, 0.1) is 25.1 Å². The van der Waals surface area contributed by atoms with E-state index in [2.05, 4.69) is 10.1 Å². The molecule has 0 unspecified atom stereocenters. The molecule has 1 heterocycles. The highest BCUT2D eigenvalue weighted by atomic mass is 16.5. The summed E-state index contributed by atoms with van der Waals surface area (Å²) in [6, 6.07) is 6.55. The molecule has 1 aliphatic heterocycles. The van der Waals surface area contributed by atoms with E-state index in [9.17, 15) is 14.4 Å². The van der Waals surface area contributed by atoms with E-state index in [0.29, 0.717) is 43.8 Å². The van der Waals surface area contributed by atoms with Crippen molar-refractivity contribution in [1.82, 2.24) is 10.2 Å². The van der Waals surface area contributed by atoms with E-state index in [1.165, 1.54) is 14.0 Å². The highest BCUT2D eigenvalue weighted by Crippen LogP contribution is 2.17. The number of rotatable bonds is 6. The summed E-state index contributed by atoms with van der Waals surface area (Å²) >= 11 is 0. The number of ether oxygens (including phenoxy) is 2. The standard InChI is InChI=1S/C19H27N3O5/c1-13(23)22-11-15(6-7-16(20)12-22)18(24)21-8-9-27-17-5-3-4-14(10-17)19(25)26-2/h3-5,10,15-16H,6-9,11-12,20H2,1-2H3,(H,21,24)/t15-,16+/m1/s1. The molecule has 1 aliphatic rings. The van der Waals surface area contributed by atoms with E-state index in [1.807, 2.05) is 0 Å². The zero-order valence-corrected chi connectivity index (χ0v) is 15.8. The van der Waals surface area contributed by atoms with Crippen molar-refractivity contribution in [3.8, 4) is 5.75 Å². The molecular formula is C19H27N3O5. The average Bonchev–Trinajstić information content (AvgIpc) is 2.86. The van der Waals surface area contributed by atoms with Crippen LogP contribution in [0.2, 0.25) is 0 Å². The topological polar surface area (TPSA) is 111 Å². The molecule has 0 aliphatic carbocycles. The first kappa shape index (κ1) is 20.7. The van der Waals surface area contributed by atoms with E-state index in [1.54, 1.807) is 29.2 Å². The second-order valence-corrected chi connectivity index (χ2v) is 6.62. The zero-order valence-electron chi connectivity index (χ0n) is 15.8. The second kappa shape index (κ2) is 9.91. The summed E-state index contributed by atoms with van der Waals surface area (Å²) in [6.07, 6.45) is 1.36. The summed E-state index contributed by atoms with van der Waals surface area (Å²) in [7, 11) is 1.32. The molecule has 0 radical (unpaired) electrons. The number of methoxy groups -OCH3 is 1. The van der Waals surface area contributed by atoms with Crippen molar-refractivity contribution in [2.45, 2.75) is 25.8 Å². The average molecular weight is 377 g/mol. The minimum atomic E-state index is -0.435. The number of esters is 1. The fourth-order valence-electron chi connectivity index (χ4n) is 3.01. The number of amides is 2. The van der Waals surface area contributed by atoms with Crippen LogP contribution in [-0.2, 0) is 14.3 Å². The minimum absolute atomic E-state index is 0.0704. The van der Waals surface area contributed by atoms with Gasteiger partial charge in [-0.05, 0) is 31.0 Å². The number of carbonyl (C=O) groups excluding carboxylic acids is 3. The van der Waals surface area contributed by atoms with Gasteiger partial charge in [-0.25, -0.2) is 4.79 Å². The Balaban J connectivity index is 1.80. The molecule has 0 aromatic heterocycles. The molecule has 2 rings (SSSR count). The van der Waals surface area contributed by atoms with E-state index in [4.69, 9.17) is 10.5 Å². The molecule has 0 spiro atoms. The second-order valence-electron chi connectivity index (χ2n) is 6.62. The van der Waals surface area contributed by atoms with Crippen LogP contribution in [0.5, 0.6) is 5.75 Å². The molecule has 0 bridgehead atoms. The van der Waals surface area contributed by atoms with Gasteiger partial charge in [0.15, 0.2) is 0 Å². The van der Waals surface area contributed by atoms with Gasteiger partial charge in [-0.2, -0.15) is 0 Å². The van der Waals surface area contributed by atoms with Gasteiger partial charge >= 0.3 is 5.97 Å². The Morgan fingerprint density at radius 3 is 2.74 bits per heavy atom. The molecule has 8 heteroatoms. The van der Waals surface area contributed by atoms with Gasteiger partial charge < -0.3 is 25.4 Å². The van der Waals surface area contributed by atoms with Gasteiger partial charge in [-0.3, -0.25) is 9.59 Å².